The molecule has 27 heavy (non-hydrogen) atoms. The van der Waals surface area contributed by atoms with Gasteiger partial charge >= 0.3 is 11.9 Å². The van der Waals surface area contributed by atoms with Crippen molar-refractivity contribution >= 4 is 35.1 Å². The Morgan fingerprint density at radius 1 is 0.852 bits per heavy atom. The van der Waals surface area contributed by atoms with Crippen LogP contribution in [0.15, 0.2) is 54.6 Å². The summed E-state index contributed by atoms with van der Waals surface area (Å²) in [4.78, 5) is 22.4. The molecule has 0 amide bonds. The molecule has 2 aromatic rings. The van der Waals surface area contributed by atoms with Gasteiger partial charge in [0.1, 0.15) is 29.5 Å². The molecule has 0 unspecified atom stereocenters. The number of esters is 2. The molecule has 2 rings (SSSR count). The van der Waals surface area contributed by atoms with Crippen molar-refractivity contribution in [1.29, 1.82) is 0 Å². The van der Waals surface area contributed by atoms with E-state index in [9.17, 15) is 9.59 Å². The van der Waals surface area contributed by atoms with Crippen LogP contribution in [-0.2, 0) is 25.7 Å². The normalized spacial score (nSPS) is 10.5. The van der Waals surface area contributed by atoms with Gasteiger partial charge in [0.2, 0.25) is 0 Å². The number of halogens is 2. The van der Waals surface area contributed by atoms with E-state index in [1.165, 1.54) is 0 Å². The molecular weight excluding hydrogens is 391 g/mol. The van der Waals surface area contributed by atoms with Crippen LogP contribution in [-0.4, -0.2) is 23.4 Å². The Hall–Kier alpha value is -2.24. The number of rotatable bonds is 10. The molecule has 0 saturated heterocycles. The number of alkyl halides is 2. The van der Waals surface area contributed by atoms with Crippen molar-refractivity contribution < 1.29 is 23.8 Å². The molecule has 0 aromatic heterocycles. The Morgan fingerprint density at radius 2 is 1.52 bits per heavy atom. The second-order valence-electron chi connectivity index (χ2n) is 5.65. The quantitative estimate of drug-likeness (QED) is 0.405. The molecule has 0 N–H and O–H groups in total. The van der Waals surface area contributed by atoms with Crippen LogP contribution in [0.3, 0.4) is 0 Å². The molecule has 0 bridgehead atoms. The van der Waals surface area contributed by atoms with Gasteiger partial charge in [-0.1, -0.05) is 30.3 Å². The van der Waals surface area contributed by atoms with Crippen LogP contribution < -0.4 is 4.74 Å². The first-order valence-corrected chi connectivity index (χ1v) is 9.31. The third-order valence-corrected chi connectivity index (χ3v) is 3.66. The second-order valence-corrected chi connectivity index (χ2v) is 6.93. The van der Waals surface area contributed by atoms with Crippen LogP contribution in [0.5, 0.6) is 11.5 Å². The molecule has 2 aromatic carbocycles. The van der Waals surface area contributed by atoms with Gasteiger partial charge in [-0.05, 0) is 36.2 Å². The number of ether oxygens (including phenoxy) is 3. The zero-order valence-corrected chi connectivity index (χ0v) is 16.1. The molecule has 0 aliphatic rings. The van der Waals surface area contributed by atoms with E-state index in [1.807, 2.05) is 54.6 Å². The first-order valence-electron chi connectivity index (χ1n) is 8.44. The highest BCUT2D eigenvalue weighted by atomic mass is 35.5. The van der Waals surface area contributed by atoms with Gasteiger partial charge in [-0.15, -0.1) is 23.2 Å². The van der Waals surface area contributed by atoms with Gasteiger partial charge in [0.25, 0.3) is 0 Å². The van der Waals surface area contributed by atoms with Crippen LogP contribution >= 0.6 is 23.2 Å². The Balaban J connectivity index is 1.70. The summed E-state index contributed by atoms with van der Waals surface area (Å²) in [6.45, 7) is 0.0726. The number of carbonyl (C=O) groups excluding carboxylic acids is 2. The Morgan fingerprint density at radius 3 is 2.22 bits per heavy atom. The highest BCUT2D eigenvalue weighted by Crippen LogP contribution is 2.22. The van der Waals surface area contributed by atoms with E-state index < -0.39 is 10.8 Å². The summed E-state index contributed by atoms with van der Waals surface area (Å²) in [6.07, 6.45) is 0.570. The van der Waals surface area contributed by atoms with Gasteiger partial charge < -0.3 is 14.2 Å². The number of benzene rings is 2. The smallest absolute Gasteiger partial charge is 0.306 e. The van der Waals surface area contributed by atoms with E-state index >= 15 is 0 Å². The summed E-state index contributed by atoms with van der Waals surface area (Å²) in [5, 5.41) is 0. The van der Waals surface area contributed by atoms with Gasteiger partial charge in [0.15, 0.2) is 0 Å². The van der Waals surface area contributed by atoms with E-state index in [4.69, 9.17) is 37.4 Å². The number of para-hydroxylation sites is 1. The van der Waals surface area contributed by atoms with Crippen LogP contribution in [0.4, 0.5) is 0 Å². The molecular formula is C20H20Cl2O5. The Bertz CT molecular complexity index is 734. The lowest BCUT2D eigenvalue weighted by Gasteiger charge is -2.09. The Kier molecular flexibility index (Phi) is 8.95. The van der Waals surface area contributed by atoms with E-state index in [0.717, 1.165) is 11.3 Å². The lowest BCUT2D eigenvalue weighted by atomic mass is 10.2. The van der Waals surface area contributed by atoms with Crippen molar-refractivity contribution in [3.05, 3.63) is 60.2 Å². The van der Waals surface area contributed by atoms with Gasteiger partial charge in [-0.3, -0.25) is 9.59 Å². The molecule has 5 nitrogen and oxygen atoms in total. The van der Waals surface area contributed by atoms with Crippen molar-refractivity contribution in [3.63, 3.8) is 0 Å². The highest BCUT2D eigenvalue weighted by molar-refractivity contribution is 6.44. The summed E-state index contributed by atoms with van der Waals surface area (Å²) < 4.78 is 15.8. The molecule has 0 aliphatic heterocycles. The standard InChI is InChI=1S/C20H20Cl2O5/c21-18(22)14-26-20(24)11-5-10-19(23)25-13-15-6-4-9-17(12-15)27-16-7-2-1-3-8-16/h1-4,6-9,12,18H,5,10-11,13-14H2. The largest absolute Gasteiger partial charge is 0.463 e. The fourth-order valence-electron chi connectivity index (χ4n) is 2.16. The fraction of sp³-hybridized carbons (Fsp3) is 0.300. The van der Waals surface area contributed by atoms with Crippen molar-refractivity contribution in [2.24, 2.45) is 0 Å². The molecule has 0 aliphatic carbocycles. The minimum absolute atomic E-state index is 0.0617. The molecule has 7 heteroatoms. The summed E-state index contributed by atoms with van der Waals surface area (Å²) in [5.74, 6) is 0.562. The van der Waals surface area contributed by atoms with Crippen molar-refractivity contribution in [2.75, 3.05) is 6.61 Å². The summed E-state index contributed by atoms with van der Waals surface area (Å²) in [5.41, 5.74) is 0.812. The van der Waals surface area contributed by atoms with Crippen molar-refractivity contribution in [2.45, 2.75) is 30.7 Å². The van der Waals surface area contributed by atoms with Crippen molar-refractivity contribution in [3.8, 4) is 11.5 Å². The third-order valence-electron chi connectivity index (χ3n) is 3.41. The van der Waals surface area contributed by atoms with E-state index in [1.54, 1.807) is 0 Å². The summed E-state index contributed by atoms with van der Waals surface area (Å²) in [7, 11) is 0. The third kappa shape index (κ3) is 8.80. The van der Waals surface area contributed by atoms with E-state index in [2.05, 4.69) is 0 Å². The first kappa shape index (κ1) is 21.1. The monoisotopic (exact) mass is 410 g/mol. The lowest BCUT2D eigenvalue weighted by Crippen LogP contribution is -2.11. The van der Waals surface area contributed by atoms with Crippen LogP contribution in [0, 0.1) is 0 Å². The fourth-order valence-corrected chi connectivity index (χ4v) is 2.29. The first-order chi connectivity index (χ1) is 13.0. The highest BCUT2D eigenvalue weighted by Gasteiger charge is 2.09. The SMILES string of the molecule is O=C(CCCC(=O)OCC(Cl)Cl)OCc1cccc(Oc2ccccc2)c1. The average molecular weight is 411 g/mol. The van der Waals surface area contributed by atoms with Gasteiger partial charge in [-0.2, -0.15) is 0 Å². The van der Waals surface area contributed by atoms with Crippen LogP contribution in [0.25, 0.3) is 0 Å². The van der Waals surface area contributed by atoms with Gasteiger partial charge in [0.05, 0.1) is 0 Å². The maximum Gasteiger partial charge on any atom is 0.306 e. The zero-order valence-electron chi connectivity index (χ0n) is 14.6. The minimum Gasteiger partial charge on any atom is -0.463 e. The van der Waals surface area contributed by atoms with Crippen molar-refractivity contribution in [1.82, 2.24) is 0 Å². The molecule has 0 heterocycles. The van der Waals surface area contributed by atoms with E-state index in [-0.39, 0.29) is 32.0 Å². The molecule has 0 saturated carbocycles. The summed E-state index contributed by atoms with van der Waals surface area (Å²) >= 11 is 10.9. The molecule has 0 fully saturated rings. The predicted octanol–water partition coefficient (Wildman–Crippen LogP) is 5.04. The molecule has 0 radical (unpaired) electrons. The van der Waals surface area contributed by atoms with Gasteiger partial charge in [0, 0.05) is 12.8 Å². The van der Waals surface area contributed by atoms with E-state index in [0.29, 0.717) is 12.2 Å². The molecule has 0 spiro atoms. The average Bonchev–Trinajstić information content (AvgIpc) is 2.66. The summed E-state index contributed by atoms with van der Waals surface area (Å²) in [6, 6.07) is 16.7. The Labute approximate surface area is 168 Å². The zero-order chi connectivity index (χ0) is 19.5. The predicted molar refractivity (Wildman–Crippen MR) is 103 cm³/mol. The maximum atomic E-state index is 11.8. The number of hydrogen-bond acceptors (Lipinski definition) is 5. The van der Waals surface area contributed by atoms with Crippen LogP contribution in [0.2, 0.25) is 0 Å². The number of carbonyl (C=O) groups is 2. The van der Waals surface area contributed by atoms with Gasteiger partial charge in [-0.25, -0.2) is 0 Å². The topological polar surface area (TPSA) is 61.8 Å². The van der Waals surface area contributed by atoms with Crippen LogP contribution in [0.1, 0.15) is 24.8 Å². The molecule has 144 valence electrons. The molecule has 0 atom stereocenters. The lowest BCUT2D eigenvalue weighted by molar-refractivity contribution is -0.146. The number of hydrogen-bond donors (Lipinski definition) is 0. The second kappa shape index (κ2) is 11.5. The minimum atomic E-state index is -0.749. The maximum absolute atomic E-state index is 11.8.